The molecular formula is C18H26N4O. The van der Waals surface area contributed by atoms with E-state index in [4.69, 9.17) is 5.73 Å². The van der Waals surface area contributed by atoms with Crippen molar-refractivity contribution in [1.29, 1.82) is 0 Å². The number of nitrogens with zero attached hydrogens (tertiary/aromatic N) is 2. The van der Waals surface area contributed by atoms with E-state index in [1.807, 2.05) is 51.2 Å². The van der Waals surface area contributed by atoms with Crippen LogP contribution in [0.2, 0.25) is 0 Å². The molecule has 2 rings (SSSR count). The number of likely N-dealkylation sites (N-methyl/N-ethyl adjacent to an activating group) is 1. The molecule has 0 saturated carbocycles. The number of hydrogen-bond donors (Lipinski definition) is 2. The Morgan fingerprint density at radius 2 is 2.00 bits per heavy atom. The smallest absolute Gasteiger partial charge is 0.239 e. The molecule has 0 spiro atoms. The Labute approximate surface area is 137 Å². The van der Waals surface area contributed by atoms with Gasteiger partial charge in [-0.25, -0.2) is 0 Å². The average molecular weight is 314 g/mol. The highest BCUT2D eigenvalue weighted by molar-refractivity contribution is 5.81. The fourth-order valence-corrected chi connectivity index (χ4v) is 2.40. The van der Waals surface area contributed by atoms with Crippen LogP contribution in [0, 0.1) is 5.92 Å². The van der Waals surface area contributed by atoms with E-state index in [2.05, 4.69) is 16.3 Å². The van der Waals surface area contributed by atoms with Gasteiger partial charge in [0.1, 0.15) is 0 Å². The molecule has 0 aliphatic rings. The molecule has 1 heterocycles. The van der Waals surface area contributed by atoms with Gasteiger partial charge >= 0.3 is 0 Å². The van der Waals surface area contributed by atoms with Crippen molar-refractivity contribution in [2.75, 3.05) is 13.6 Å². The maximum Gasteiger partial charge on any atom is 0.239 e. The average Bonchev–Trinajstić information content (AvgIpc) is 3.03. The van der Waals surface area contributed by atoms with E-state index in [1.165, 1.54) is 0 Å². The summed E-state index contributed by atoms with van der Waals surface area (Å²) in [4.78, 5) is 13.8. The lowest BCUT2D eigenvalue weighted by atomic mass is 10.0. The number of hydrogen-bond acceptors (Lipinski definition) is 3. The first-order valence-corrected chi connectivity index (χ1v) is 8.09. The second-order valence-electron chi connectivity index (χ2n) is 6.28. The third-order valence-corrected chi connectivity index (χ3v) is 4.02. The van der Waals surface area contributed by atoms with Gasteiger partial charge in [-0.2, -0.15) is 5.10 Å². The Morgan fingerprint density at radius 1 is 1.30 bits per heavy atom. The Hall–Kier alpha value is -2.14. The summed E-state index contributed by atoms with van der Waals surface area (Å²) in [6.07, 6.45) is 1.73. The molecule has 124 valence electrons. The zero-order valence-electron chi connectivity index (χ0n) is 14.1. The quantitative estimate of drug-likeness (QED) is 0.824. The number of carbonyl (C=O) groups excluding carboxylic acids is 1. The van der Waals surface area contributed by atoms with E-state index in [9.17, 15) is 4.79 Å². The van der Waals surface area contributed by atoms with Gasteiger partial charge in [0.2, 0.25) is 5.91 Å². The van der Waals surface area contributed by atoms with Gasteiger partial charge in [-0.3, -0.25) is 9.89 Å². The predicted molar refractivity (Wildman–Crippen MR) is 92.8 cm³/mol. The van der Waals surface area contributed by atoms with Crippen molar-refractivity contribution in [3.8, 4) is 11.3 Å². The highest BCUT2D eigenvalue weighted by Crippen LogP contribution is 2.17. The molecule has 1 aromatic heterocycles. The van der Waals surface area contributed by atoms with Gasteiger partial charge < -0.3 is 10.6 Å². The first-order chi connectivity index (χ1) is 11.0. The molecule has 0 bridgehead atoms. The lowest BCUT2D eigenvalue weighted by Crippen LogP contribution is -2.45. The summed E-state index contributed by atoms with van der Waals surface area (Å²) in [5.74, 6) is 0.167. The van der Waals surface area contributed by atoms with Crippen LogP contribution in [0.3, 0.4) is 0 Å². The fourth-order valence-electron chi connectivity index (χ4n) is 2.40. The Balaban J connectivity index is 1.83. The third-order valence-electron chi connectivity index (χ3n) is 4.02. The summed E-state index contributed by atoms with van der Waals surface area (Å²) in [5.41, 5.74) is 9.04. The monoisotopic (exact) mass is 314 g/mol. The molecule has 23 heavy (non-hydrogen) atoms. The summed E-state index contributed by atoms with van der Waals surface area (Å²) in [5, 5.41) is 7.42. The number of benzene rings is 1. The van der Waals surface area contributed by atoms with Gasteiger partial charge in [-0.15, -0.1) is 0 Å². The lowest BCUT2D eigenvalue weighted by molar-refractivity contribution is -0.132. The standard InChI is InChI=1S/C18H26N4O/c1-13(2)17(19)18(23)22(3)11-7-10-15-12-16(21-20-15)14-8-5-4-6-9-14/h4-6,8-9,12-13,17H,7,10-11,19H2,1-3H3,(H,20,21)/t17-/m0/s1. The molecule has 1 amide bonds. The van der Waals surface area contributed by atoms with E-state index in [1.54, 1.807) is 4.90 Å². The molecule has 1 aromatic carbocycles. The van der Waals surface area contributed by atoms with Crippen LogP contribution in [-0.4, -0.2) is 40.6 Å². The number of amides is 1. The van der Waals surface area contributed by atoms with Crippen LogP contribution in [0.5, 0.6) is 0 Å². The van der Waals surface area contributed by atoms with E-state index < -0.39 is 6.04 Å². The number of aryl methyl sites for hydroxylation is 1. The number of nitrogens with two attached hydrogens (primary N) is 1. The Kier molecular flexibility index (Phi) is 5.93. The Bertz CT molecular complexity index is 621. The lowest BCUT2D eigenvalue weighted by Gasteiger charge is -2.23. The maximum absolute atomic E-state index is 12.1. The van der Waals surface area contributed by atoms with Gasteiger partial charge in [0.15, 0.2) is 0 Å². The summed E-state index contributed by atoms with van der Waals surface area (Å²) in [6, 6.07) is 11.7. The number of rotatable bonds is 7. The summed E-state index contributed by atoms with van der Waals surface area (Å²) in [6.45, 7) is 4.62. The minimum Gasteiger partial charge on any atom is -0.344 e. The van der Waals surface area contributed by atoms with Crippen molar-refractivity contribution in [2.24, 2.45) is 11.7 Å². The van der Waals surface area contributed by atoms with Crippen molar-refractivity contribution in [1.82, 2.24) is 15.1 Å². The first-order valence-electron chi connectivity index (χ1n) is 8.09. The van der Waals surface area contributed by atoms with Crippen molar-refractivity contribution in [3.05, 3.63) is 42.1 Å². The molecule has 0 aliphatic carbocycles. The molecule has 0 fully saturated rings. The molecule has 0 saturated heterocycles. The number of aromatic nitrogens is 2. The zero-order chi connectivity index (χ0) is 16.8. The second kappa shape index (κ2) is 7.92. The normalized spacial score (nSPS) is 12.4. The Morgan fingerprint density at radius 3 is 2.65 bits per heavy atom. The van der Waals surface area contributed by atoms with Crippen molar-refractivity contribution in [2.45, 2.75) is 32.7 Å². The summed E-state index contributed by atoms with van der Waals surface area (Å²) < 4.78 is 0. The summed E-state index contributed by atoms with van der Waals surface area (Å²) in [7, 11) is 1.81. The van der Waals surface area contributed by atoms with Crippen molar-refractivity contribution >= 4 is 5.91 Å². The highest BCUT2D eigenvalue weighted by Gasteiger charge is 2.20. The zero-order valence-corrected chi connectivity index (χ0v) is 14.1. The molecule has 5 nitrogen and oxygen atoms in total. The maximum atomic E-state index is 12.1. The van der Waals surface area contributed by atoms with Gasteiger partial charge in [0.25, 0.3) is 0 Å². The van der Waals surface area contributed by atoms with E-state index in [0.29, 0.717) is 6.54 Å². The van der Waals surface area contributed by atoms with Gasteiger partial charge in [0, 0.05) is 24.8 Å². The number of aromatic amines is 1. The molecule has 0 unspecified atom stereocenters. The van der Waals surface area contributed by atoms with E-state index >= 15 is 0 Å². The van der Waals surface area contributed by atoms with Crippen LogP contribution in [-0.2, 0) is 11.2 Å². The minimum absolute atomic E-state index is 0.00888. The van der Waals surface area contributed by atoms with Crippen LogP contribution in [0.4, 0.5) is 0 Å². The molecule has 0 aliphatic heterocycles. The minimum atomic E-state index is -0.420. The third kappa shape index (κ3) is 4.66. The van der Waals surface area contributed by atoms with Crippen molar-refractivity contribution < 1.29 is 4.79 Å². The number of nitrogens with one attached hydrogen (secondary N) is 1. The number of carbonyl (C=O) groups is 1. The highest BCUT2D eigenvalue weighted by atomic mass is 16.2. The first kappa shape index (κ1) is 17.2. The van der Waals surface area contributed by atoms with E-state index in [-0.39, 0.29) is 11.8 Å². The SMILES string of the molecule is CC(C)[C@H](N)C(=O)N(C)CCCc1cc(-c2ccccc2)n[nH]1. The van der Waals surface area contributed by atoms with Crippen LogP contribution in [0.15, 0.2) is 36.4 Å². The molecule has 2 aromatic rings. The van der Waals surface area contributed by atoms with E-state index in [0.717, 1.165) is 29.8 Å². The molecule has 5 heteroatoms. The van der Waals surface area contributed by atoms with Crippen LogP contribution in [0.1, 0.15) is 26.0 Å². The molecule has 3 N–H and O–H groups in total. The number of H-pyrrole nitrogens is 1. The van der Waals surface area contributed by atoms with Gasteiger partial charge in [-0.1, -0.05) is 44.2 Å². The van der Waals surface area contributed by atoms with Crippen LogP contribution in [0.25, 0.3) is 11.3 Å². The molecule has 0 radical (unpaired) electrons. The van der Waals surface area contributed by atoms with Gasteiger partial charge in [-0.05, 0) is 24.8 Å². The molecular weight excluding hydrogens is 288 g/mol. The largest absolute Gasteiger partial charge is 0.344 e. The van der Waals surface area contributed by atoms with Crippen molar-refractivity contribution in [3.63, 3.8) is 0 Å². The fraction of sp³-hybridized carbons (Fsp3) is 0.444. The van der Waals surface area contributed by atoms with Crippen LogP contribution >= 0.6 is 0 Å². The second-order valence-corrected chi connectivity index (χ2v) is 6.28. The topological polar surface area (TPSA) is 75.0 Å². The molecule has 1 atom stereocenters. The van der Waals surface area contributed by atoms with Gasteiger partial charge in [0.05, 0.1) is 11.7 Å². The predicted octanol–water partition coefficient (Wildman–Crippen LogP) is 2.45. The van der Waals surface area contributed by atoms with Crippen LogP contribution < -0.4 is 5.73 Å². The summed E-state index contributed by atoms with van der Waals surface area (Å²) >= 11 is 0.